The lowest BCUT2D eigenvalue weighted by molar-refractivity contribution is -0.137. The van der Waals surface area contributed by atoms with Crippen molar-refractivity contribution >= 4 is 17.5 Å². The number of piperidine rings is 1. The molecule has 1 fully saturated rings. The van der Waals surface area contributed by atoms with E-state index in [-0.39, 0.29) is 11.9 Å². The fourth-order valence-corrected chi connectivity index (χ4v) is 3.86. The maximum atomic E-state index is 12.9. The largest absolute Gasteiger partial charge is 0.384 e. The lowest BCUT2D eigenvalue weighted by Gasteiger charge is -2.36. The van der Waals surface area contributed by atoms with Gasteiger partial charge in [-0.1, -0.05) is 17.7 Å². The van der Waals surface area contributed by atoms with Crippen molar-refractivity contribution in [2.75, 3.05) is 26.8 Å². The molecule has 120 valence electrons. The Kier molecular flexibility index (Phi) is 4.71. The predicted molar refractivity (Wildman–Crippen MR) is 87.1 cm³/mol. The Balaban J connectivity index is 1.74. The summed E-state index contributed by atoms with van der Waals surface area (Å²) in [7, 11) is 1.67. The number of nitrogens with one attached hydrogen (secondary N) is 2. The summed E-state index contributed by atoms with van der Waals surface area (Å²) in [6.07, 6.45) is 3.57. The third kappa shape index (κ3) is 3.00. The summed E-state index contributed by atoms with van der Waals surface area (Å²) < 4.78 is 5.35. The monoisotopic (exact) mass is 322 g/mol. The highest BCUT2D eigenvalue weighted by atomic mass is 35.5. The standard InChI is InChI=1S/C17H23ClN2O2/c1-22-11-17(6-8-19-9-7-17)16(21)20-15-5-2-12-10-13(18)3-4-14(12)15/h3-4,10,15,19H,2,5-9,11H2,1H3,(H,20,21). The third-order valence-electron chi connectivity index (χ3n) is 4.95. The number of carbonyl (C=O) groups excluding carboxylic acids is 1. The Labute approximate surface area is 136 Å². The number of carbonyl (C=O) groups is 1. The van der Waals surface area contributed by atoms with Crippen molar-refractivity contribution in [3.05, 3.63) is 34.3 Å². The number of hydrogen-bond acceptors (Lipinski definition) is 3. The van der Waals surface area contributed by atoms with Crippen LogP contribution in [0.5, 0.6) is 0 Å². The van der Waals surface area contributed by atoms with E-state index in [4.69, 9.17) is 16.3 Å². The second-order valence-electron chi connectivity index (χ2n) is 6.37. The summed E-state index contributed by atoms with van der Waals surface area (Å²) in [5.74, 6) is 0.128. The average molecular weight is 323 g/mol. The van der Waals surface area contributed by atoms with E-state index in [2.05, 4.69) is 10.6 Å². The van der Waals surface area contributed by atoms with Crippen molar-refractivity contribution in [1.82, 2.24) is 10.6 Å². The molecule has 1 aliphatic heterocycles. The summed E-state index contributed by atoms with van der Waals surface area (Å²) >= 11 is 6.05. The average Bonchev–Trinajstić information content (AvgIpc) is 2.90. The minimum Gasteiger partial charge on any atom is -0.384 e. The van der Waals surface area contributed by atoms with Gasteiger partial charge in [-0.15, -0.1) is 0 Å². The maximum Gasteiger partial charge on any atom is 0.229 e. The fraction of sp³-hybridized carbons (Fsp3) is 0.588. The molecule has 1 aliphatic carbocycles. The molecule has 0 radical (unpaired) electrons. The number of aryl methyl sites for hydroxylation is 1. The molecular weight excluding hydrogens is 300 g/mol. The number of ether oxygens (including phenoxy) is 1. The minimum atomic E-state index is -0.394. The molecule has 1 atom stereocenters. The lowest BCUT2D eigenvalue weighted by atomic mass is 9.78. The van der Waals surface area contributed by atoms with Gasteiger partial charge in [0.25, 0.3) is 0 Å². The molecule has 22 heavy (non-hydrogen) atoms. The minimum absolute atomic E-state index is 0.100. The number of methoxy groups -OCH3 is 1. The van der Waals surface area contributed by atoms with E-state index >= 15 is 0 Å². The van der Waals surface area contributed by atoms with Gasteiger partial charge >= 0.3 is 0 Å². The first-order valence-electron chi connectivity index (χ1n) is 7.93. The molecule has 1 aromatic rings. The molecule has 1 amide bonds. The van der Waals surface area contributed by atoms with Crippen molar-refractivity contribution in [1.29, 1.82) is 0 Å². The van der Waals surface area contributed by atoms with E-state index in [0.717, 1.165) is 43.8 Å². The van der Waals surface area contributed by atoms with Crippen molar-refractivity contribution in [3.8, 4) is 0 Å². The molecule has 1 aromatic carbocycles. The van der Waals surface area contributed by atoms with Crippen molar-refractivity contribution in [2.24, 2.45) is 5.41 Å². The molecule has 1 saturated heterocycles. The fourth-order valence-electron chi connectivity index (χ4n) is 3.67. The molecule has 1 unspecified atom stereocenters. The van der Waals surface area contributed by atoms with Gasteiger partial charge in [0.2, 0.25) is 5.91 Å². The van der Waals surface area contributed by atoms with Gasteiger partial charge in [-0.05, 0) is 62.0 Å². The molecule has 0 saturated carbocycles. The molecule has 0 aromatic heterocycles. The second-order valence-corrected chi connectivity index (χ2v) is 6.81. The zero-order valence-electron chi connectivity index (χ0n) is 13.0. The van der Waals surface area contributed by atoms with Crippen molar-refractivity contribution in [3.63, 3.8) is 0 Å². The first-order chi connectivity index (χ1) is 10.6. The van der Waals surface area contributed by atoms with Gasteiger partial charge in [0, 0.05) is 12.1 Å². The first kappa shape index (κ1) is 15.8. The number of benzene rings is 1. The zero-order chi connectivity index (χ0) is 15.6. The van der Waals surface area contributed by atoms with Crippen LogP contribution >= 0.6 is 11.6 Å². The molecule has 0 spiro atoms. The Morgan fingerprint density at radius 3 is 2.95 bits per heavy atom. The van der Waals surface area contributed by atoms with E-state index in [1.165, 1.54) is 11.1 Å². The van der Waals surface area contributed by atoms with Crippen LogP contribution in [0.2, 0.25) is 5.02 Å². The third-order valence-corrected chi connectivity index (χ3v) is 5.19. The molecular formula is C17H23ClN2O2. The smallest absolute Gasteiger partial charge is 0.229 e. The van der Waals surface area contributed by atoms with Gasteiger partial charge in [-0.2, -0.15) is 0 Å². The first-order valence-corrected chi connectivity index (χ1v) is 8.31. The Morgan fingerprint density at radius 2 is 2.23 bits per heavy atom. The highest BCUT2D eigenvalue weighted by Gasteiger charge is 2.41. The van der Waals surface area contributed by atoms with Crippen LogP contribution in [-0.2, 0) is 16.0 Å². The van der Waals surface area contributed by atoms with Gasteiger partial charge in [-0.3, -0.25) is 4.79 Å². The van der Waals surface area contributed by atoms with E-state index in [1.807, 2.05) is 18.2 Å². The molecule has 2 N–H and O–H groups in total. The molecule has 1 heterocycles. The van der Waals surface area contributed by atoms with Crippen molar-refractivity contribution in [2.45, 2.75) is 31.7 Å². The van der Waals surface area contributed by atoms with Crippen LogP contribution in [-0.4, -0.2) is 32.7 Å². The second kappa shape index (κ2) is 6.57. The molecule has 4 nitrogen and oxygen atoms in total. The van der Waals surface area contributed by atoms with E-state index in [9.17, 15) is 4.79 Å². The number of halogens is 1. The van der Waals surface area contributed by atoms with Crippen LogP contribution in [0.3, 0.4) is 0 Å². The molecule has 3 rings (SSSR count). The van der Waals surface area contributed by atoms with Gasteiger partial charge in [-0.25, -0.2) is 0 Å². The number of fused-ring (bicyclic) bond motifs is 1. The topological polar surface area (TPSA) is 50.4 Å². The summed E-state index contributed by atoms with van der Waals surface area (Å²) in [6.45, 7) is 2.22. The number of hydrogen-bond donors (Lipinski definition) is 2. The van der Waals surface area contributed by atoms with E-state index in [0.29, 0.717) is 6.61 Å². The highest BCUT2D eigenvalue weighted by Crippen LogP contribution is 2.35. The summed E-state index contributed by atoms with van der Waals surface area (Å²) in [5, 5.41) is 7.34. The summed E-state index contributed by atoms with van der Waals surface area (Å²) in [5.41, 5.74) is 2.07. The predicted octanol–water partition coefficient (Wildman–Crippen LogP) is 2.46. The summed E-state index contributed by atoms with van der Waals surface area (Å²) in [4.78, 5) is 12.9. The van der Waals surface area contributed by atoms with Gasteiger partial charge < -0.3 is 15.4 Å². The number of amides is 1. The zero-order valence-corrected chi connectivity index (χ0v) is 13.7. The Bertz CT molecular complexity index is 550. The van der Waals surface area contributed by atoms with Gasteiger partial charge in [0.15, 0.2) is 0 Å². The van der Waals surface area contributed by atoms with Crippen LogP contribution in [0.25, 0.3) is 0 Å². The van der Waals surface area contributed by atoms with Crippen LogP contribution < -0.4 is 10.6 Å². The van der Waals surface area contributed by atoms with E-state index in [1.54, 1.807) is 7.11 Å². The van der Waals surface area contributed by atoms with Crippen LogP contribution in [0.4, 0.5) is 0 Å². The van der Waals surface area contributed by atoms with E-state index < -0.39 is 5.41 Å². The molecule has 2 aliphatic rings. The van der Waals surface area contributed by atoms with Crippen LogP contribution in [0.15, 0.2) is 18.2 Å². The van der Waals surface area contributed by atoms with Crippen molar-refractivity contribution < 1.29 is 9.53 Å². The van der Waals surface area contributed by atoms with Crippen LogP contribution in [0, 0.1) is 5.41 Å². The normalized spacial score (nSPS) is 23.1. The molecule has 5 heteroatoms. The SMILES string of the molecule is COCC1(C(=O)NC2CCc3cc(Cl)ccc32)CCNCC1. The highest BCUT2D eigenvalue weighted by molar-refractivity contribution is 6.30. The van der Waals surface area contributed by atoms with Crippen LogP contribution in [0.1, 0.15) is 36.4 Å². The number of rotatable bonds is 4. The Hall–Kier alpha value is -1.10. The lowest BCUT2D eigenvalue weighted by Crippen LogP contribution is -2.50. The molecule has 0 bridgehead atoms. The Morgan fingerprint density at radius 1 is 1.45 bits per heavy atom. The van der Waals surface area contributed by atoms with Gasteiger partial charge in [0.05, 0.1) is 18.1 Å². The van der Waals surface area contributed by atoms with Gasteiger partial charge in [0.1, 0.15) is 0 Å². The summed E-state index contributed by atoms with van der Waals surface area (Å²) in [6, 6.07) is 6.06. The maximum absolute atomic E-state index is 12.9. The quantitative estimate of drug-likeness (QED) is 0.895.